The number of hydrogen-bond donors (Lipinski definition) is 0. The molecule has 0 aliphatic carbocycles. The van der Waals surface area contributed by atoms with Gasteiger partial charge in [-0.3, -0.25) is 0 Å². The molecule has 0 N–H and O–H groups in total. The highest BCUT2D eigenvalue weighted by Crippen LogP contribution is 2.57. The number of hydrogen-bond acceptors (Lipinski definition) is 0. The third-order valence-corrected chi connectivity index (χ3v) is 8.38. The van der Waals surface area contributed by atoms with Crippen molar-refractivity contribution in [2.45, 2.75) is 71.1 Å². The van der Waals surface area contributed by atoms with Gasteiger partial charge < -0.3 is 0 Å². The summed E-state index contributed by atoms with van der Waals surface area (Å²) in [4.78, 5) is 0. The SMILES string of the molecule is C[Si](C)C(C)(CC(C)(C)C)C(C)(C)[SiH3]. The molecule has 0 bridgehead atoms. The average Bonchev–Trinajstić information content (AvgIpc) is 1.79. The molecule has 1 radical (unpaired) electrons. The number of rotatable bonds is 3. The van der Waals surface area contributed by atoms with Crippen LogP contribution in [-0.2, 0) is 0 Å². The molecule has 0 saturated heterocycles. The van der Waals surface area contributed by atoms with E-state index in [-0.39, 0.29) is 8.80 Å². The normalized spacial score (nSPS) is 18.6. The van der Waals surface area contributed by atoms with Gasteiger partial charge in [-0.25, -0.2) is 0 Å². The molecule has 0 spiro atoms. The van der Waals surface area contributed by atoms with Gasteiger partial charge in [-0.05, 0) is 21.9 Å². The van der Waals surface area contributed by atoms with Crippen LogP contribution >= 0.6 is 0 Å². The Morgan fingerprint density at radius 3 is 1.36 bits per heavy atom. The second kappa shape index (κ2) is 4.13. The van der Waals surface area contributed by atoms with Gasteiger partial charge in [0.2, 0.25) is 0 Å². The minimum Gasteiger partial charge on any atom is -0.0709 e. The first-order valence-electron chi connectivity index (χ1n) is 5.71. The lowest BCUT2D eigenvalue weighted by Gasteiger charge is -2.48. The molecule has 0 aliphatic heterocycles. The lowest BCUT2D eigenvalue weighted by atomic mass is 9.79. The Hall–Kier alpha value is 0.434. The highest BCUT2D eigenvalue weighted by atomic mass is 28.3. The van der Waals surface area contributed by atoms with E-state index in [4.69, 9.17) is 0 Å². The summed E-state index contributed by atoms with van der Waals surface area (Å²) in [5.41, 5.74) is 0.471. The van der Waals surface area contributed by atoms with Crippen LogP contribution < -0.4 is 0 Å². The fraction of sp³-hybridized carbons (Fsp3) is 1.00. The van der Waals surface area contributed by atoms with E-state index in [0.717, 1.165) is 0 Å². The van der Waals surface area contributed by atoms with E-state index in [1.54, 1.807) is 0 Å². The first-order valence-corrected chi connectivity index (χ1v) is 9.21. The van der Waals surface area contributed by atoms with Crippen LogP contribution in [0.5, 0.6) is 0 Å². The molecule has 0 aliphatic rings. The van der Waals surface area contributed by atoms with Gasteiger partial charge >= 0.3 is 0 Å². The quantitative estimate of drug-likeness (QED) is 0.650. The zero-order valence-corrected chi connectivity index (χ0v) is 14.7. The van der Waals surface area contributed by atoms with E-state index in [2.05, 4.69) is 54.6 Å². The Bertz CT molecular complexity index is 183. The molecule has 0 aromatic carbocycles. The largest absolute Gasteiger partial charge is 0.0709 e. The molecule has 0 aromatic heterocycles. The summed E-state index contributed by atoms with van der Waals surface area (Å²) >= 11 is 0. The second-order valence-electron chi connectivity index (χ2n) is 7.32. The molecule has 2 heteroatoms. The van der Waals surface area contributed by atoms with Crippen molar-refractivity contribution in [2.24, 2.45) is 5.41 Å². The standard InChI is InChI=1S/C12H29Si2/c1-10(2,3)9-12(6,14(7)8)11(4,5)13/h9H2,1-8,13H3. The zero-order chi connectivity index (χ0) is 11.8. The minimum absolute atomic E-state index is 0.227. The van der Waals surface area contributed by atoms with Crippen molar-refractivity contribution in [1.82, 2.24) is 0 Å². The van der Waals surface area contributed by atoms with Crippen LogP contribution in [0.4, 0.5) is 0 Å². The highest BCUT2D eigenvalue weighted by Gasteiger charge is 2.42. The average molecular weight is 230 g/mol. The Kier molecular flexibility index (Phi) is 4.25. The minimum atomic E-state index is -0.227. The van der Waals surface area contributed by atoms with Crippen molar-refractivity contribution in [2.75, 3.05) is 0 Å². The monoisotopic (exact) mass is 229 g/mol. The van der Waals surface area contributed by atoms with Gasteiger partial charge in [0.15, 0.2) is 0 Å². The molecule has 85 valence electrons. The fourth-order valence-corrected chi connectivity index (χ4v) is 6.31. The van der Waals surface area contributed by atoms with Gasteiger partial charge in [0.05, 0.1) is 0 Å². The van der Waals surface area contributed by atoms with Crippen LogP contribution in [0.15, 0.2) is 0 Å². The first-order chi connectivity index (χ1) is 5.90. The van der Waals surface area contributed by atoms with E-state index >= 15 is 0 Å². The van der Waals surface area contributed by atoms with E-state index in [1.807, 2.05) is 0 Å². The summed E-state index contributed by atoms with van der Waals surface area (Å²) in [5, 5.41) is 1.15. The maximum atomic E-state index is 2.53. The van der Waals surface area contributed by atoms with Crippen molar-refractivity contribution >= 4 is 19.0 Å². The van der Waals surface area contributed by atoms with Crippen LogP contribution in [0.3, 0.4) is 0 Å². The van der Waals surface area contributed by atoms with Crippen LogP contribution in [0.25, 0.3) is 0 Å². The predicted octanol–water partition coefficient (Wildman–Crippen LogP) is 3.50. The zero-order valence-electron chi connectivity index (χ0n) is 11.7. The molecule has 0 heterocycles. The third kappa shape index (κ3) is 3.54. The van der Waals surface area contributed by atoms with Gasteiger partial charge in [-0.15, -0.1) is 0 Å². The Labute approximate surface area is 95.9 Å². The van der Waals surface area contributed by atoms with E-state index in [1.165, 1.54) is 16.7 Å². The summed E-state index contributed by atoms with van der Waals surface area (Å²) in [6.07, 6.45) is 1.37. The van der Waals surface area contributed by atoms with Crippen LogP contribution in [0, 0.1) is 5.41 Å². The lowest BCUT2D eigenvalue weighted by Crippen LogP contribution is -2.37. The van der Waals surface area contributed by atoms with Crippen molar-refractivity contribution in [3.63, 3.8) is 0 Å². The van der Waals surface area contributed by atoms with Gasteiger partial charge in [-0.2, -0.15) is 0 Å². The smallest absolute Gasteiger partial charge is 0.0480 e. The van der Waals surface area contributed by atoms with Crippen LogP contribution in [0.2, 0.25) is 23.2 Å². The van der Waals surface area contributed by atoms with Gasteiger partial charge in [0.25, 0.3) is 0 Å². The van der Waals surface area contributed by atoms with E-state index in [0.29, 0.717) is 15.5 Å². The predicted molar refractivity (Wildman–Crippen MR) is 73.9 cm³/mol. The molecule has 0 nitrogen and oxygen atoms in total. The summed E-state index contributed by atoms with van der Waals surface area (Å²) in [6.45, 7) is 19.5. The molecule has 0 aromatic rings. The highest BCUT2D eigenvalue weighted by molar-refractivity contribution is 6.61. The van der Waals surface area contributed by atoms with Crippen LogP contribution in [0.1, 0.15) is 48.0 Å². The van der Waals surface area contributed by atoms with Crippen molar-refractivity contribution < 1.29 is 0 Å². The summed E-state index contributed by atoms with van der Waals surface area (Å²) in [6, 6.07) is 0. The third-order valence-electron chi connectivity index (χ3n) is 3.64. The fourth-order valence-electron chi connectivity index (χ4n) is 2.25. The summed E-state index contributed by atoms with van der Waals surface area (Å²) in [7, 11) is 1.08. The van der Waals surface area contributed by atoms with Crippen molar-refractivity contribution in [3.8, 4) is 0 Å². The molecule has 0 rings (SSSR count). The molecule has 1 unspecified atom stereocenters. The van der Waals surface area contributed by atoms with Crippen molar-refractivity contribution in [3.05, 3.63) is 0 Å². The molecule has 1 atom stereocenters. The molecular weight excluding hydrogens is 200 g/mol. The topological polar surface area (TPSA) is 0 Å². The molecule has 14 heavy (non-hydrogen) atoms. The second-order valence-corrected chi connectivity index (χ2v) is 12.9. The Morgan fingerprint density at radius 1 is 0.929 bits per heavy atom. The van der Waals surface area contributed by atoms with Gasteiger partial charge in [0, 0.05) is 19.0 Å². The van der Waals surface area contributed by atoms with Gasteiger partial charge in [-0.1, -0.05) is 54.6 Å². The summed E-state index contributed by atoms with van der Waals surface area (Å²) in [5.74, 6) is 0. The maximum Gasteiger partial charge on any atom is 0.0480 e. The molecular formula is C12H29Si2. The molecule has 0 fully saturated rings. The Balaban J connectivity index is 4.94. The lowest BCUT2D eigenvalue weighted by molar-refractivity contribution is 0.277. The van der Waals surface area contributed by atoms with E-state index < -0.39 is 0 Å². The van der Waals surface area contributed by atoms with Crippen molar-refractivity contribution in [1.29, 1.82) is 0 Å². The van der Waals surface area contributed by atoms with Crippen LogP contribution in [-0.4, -0.2) is 19.0 Å². The van der Waals surface area contributed by atoms with E-state index in [9.17, 15) is 0 Å². The Morgan fingerprint density at radius 2 is 1.29 bits per heavy atom. The molecule has 0 saturated carbocycles. The molecule has 0 amide bonds. The van der Waals surface area contributed by atoms with Gasteiger partial charge in [0.1, 0.15) is 0 Å². The maximum absolute atomic E-state index is 2.53. The summed E-state index contributed by atoms with van der Waals surface area (Å²) < 4.78 is 0. The first kappa shape index (κ1) is 14.4.